The molecule has 1 amide bonds. The minimum absolute atomic E-state index is 0.0215. The smallest absolute Gasteiger partial charge is 0.408 e. The molecule has 6 heteroatoms. The van der Waals surface area contributed by atoms with Gasteiger partial charge in [-0.2, -0.15) is 0 Å². The molecule has 1 atom stereocenters. The van der Waals surface area contributed by atoms with E-state index < -0.39 is 29.5 Å². The zero-order chi connectivity index (χ0) is 15.3. The number of benzene rings is 1. The quantitative estimate of drug-likeness (QED) is 0.889. The predicted octanol–water partition coefficient (Wildman–Crippen LogP) is 2.35. The number of halogens is 1. The molecule has 1 aromatic rings. The standard InChI is InChI=1S/C14H18FNO4/c1-14(2,3)20-13(19)16-11(12(17)18)8-9-5-4-6-10(15)7-9/h4-7,11H,8H2,1-3H3,(H,16,19)(H,17,18). The first-order valence-corrected chi connectivity index (χ1v) is 6.14. The summed E-state index contributed by atoms with van der Waals surface area (Å²) in [4.78, 5) is 22.7. The molecule has 0 saturated heterocycles. The SMILES string of the molecule is CC(C)(C)OC(=O)NC(Cc1cccc(F)c1)C(=O)O. The molecule has 0 bridgehead atoms. The average Bonchev–Trinajstić information content (AvgIpc) is 2.25. The maximum atomic E-state index is 13.0. The van der Waals surface area contributed by atoms with E-state index in [1.54, 1.807) is 26.8 Å². The first kappa shape index (κ1) is 15.9. The summed E-state index contributed by atoms with van der Waals surface area (Å²) in [5.74, 6) is -1.66. The second-order valence-electron chi connectivity index (χ2n) is 5.37. The van der Waals surface area contributed by atoms with Gasteiger partial charge in [-0.25, -0.2) is 14.0 Å². The minimum atomic E-state index is -1.21. The second-order valence-corrected chi connectivity index (χ2v) is 5.37. The Bertz CT molecular complexity index is 496. The van der Waals surface area contributed by atoms with Crippen LogP contribution >= 0.6 is 0 Å². The van der Waals surface area contributed by atoms with Crippen molar-refractivity contribution in [2.75, 3.05) is 0 Å². The predicted molar refractivity (Wildman–Crippen MR) is 70.9 cm³/mol. The second kappa shape index (κ2) is 6.36. The van der Waals surface area contributed by atoms with Crippen LogP contribution in [0, 0.1) is 5.82 Å². The first-order valence-electron chi connectivity index (χ1n) is 6.14. The number of hydrogen-bond acceptors (Lipinski definition) is 3. The molecule has 0 fully saturated rings. The Morgan fingerprint density at radius 3 is 2.55 bits per heavy atom. The van der Waals surface area contributed by atoms with E-state index in [0.717, 1.165) is 0 Å². The van der Waals surface area contributed by atoms with Crippen molar-refractivity contribution < 1.29 is 23.8 Å². The van der Waals surface area contributed by atoms with Crippen LogP contribution in [0.3, 0.4) is 0 Å². The summed E-state index contributed by atoms with van der Waals surface area (Å²) in [6, 6.07) is 4.40. The van der Waals surface area contributed by atoms with Crippen molar-refractivity contribution >= 4 is 12.1 Å². The molecule has 110 valence electrons. The lowest BCUT2D eigenvalue weighted by Gasteiger charge is -2.22. The van der Waals surface area contributed by atoms with E-state index in [-0.39, 0.29) is 6.42 Å². The molecule has 0 aliphatic rings. The lowest BCUT2D eigenvalue weighted by Crippen LogP contribution is -2.44. The van der Waals surface area contributed by atoms with Gasteiger partial charge in [0.05, 0.1) is 0 Å². The van der Waals surface area contributed by atoms with Gasteiger partial charge in [-0.3, -0.25) is 0 Å². The van der Waals surface area contributed by atoms with Crippen LogP contribution in [0.5, 0.6) is 0 Å². The van der Waals surface area contributed by atoms with Gasteiger partial charge >= 0.3 is 12.1 Å². The zero-order valence-electron chi connectivity index (χ0n) is 11.6. The van der Waals surface area contributed by atoms with Gasteiger partial charge in [0.15, 0.2) is 0 Å². The largest absolute Gasteiger partial charge is 0.480 e. The zero-order valence-corrected chi connectivity index (χ0v) is 11.6. The summed E-state index contributed by atoms with van der Waals surface area (Å²) in [7, 11) is 0. The normalized spacial score (nSPS) is 12.6. The van der Waals surface area contributed by atoms with Crippen LogP contribution in [0.4, 0.5) is 9.18 Å². The Morgan fingerprint density at radius 1 is 1.40 bits per heavy atom. The summed E-state index contributed by atoms with van der Waals surface area (Å²) in [5, 5.41) is 11.3. The molecule has 0 saturated carbocycles. The third-order valence-electron chi connectivity index (χ3n) is 2.32. The number of rotatable bonds is 4. The fraction of sp³-hybridized carbons (Fsp3) is 0.429. The maximum absolute atomic E-state index is 13.0. The molecule has 1 unspecified atom stereocenters. The van der Waals surface area contributed by atoms with E-state index in [0.29, 0.717) is 5.56 Å². The molecule has 1 rings (SSSR count). The molecule has 20 heavy (non-hydrogen) atoms. The van der Waals surface area contributed by atoms with Crippen molar-refractivity contribution in [3.63, 3.8) is 0 Å². The van der Waals surface area contributed by atoms with Crippen LogP contribution in [0.15, 0.2) is 24.3 Å². The van der Waals surface area contributed by atoms with Gasteiger partial charge in [0.25, 0.3) is 0 Å². The molecule has 0 spiro atoms. The topological polar surface area (TPSA) is 75.6 Å². The third-order valence-corrected chi connectivity index (χ3v) is 2.32. The summed E-state index contributed by atoms with van der Waals surface area (Å²) < 4.78 is 18.0. The number of carboxylic acids is 1. The van der Waals surface area contributed by atoms with Crippen molar-refractivity contribution in [2.45, 2.75) is 38.8 Å². The van der Waals surface area contributed by atoms with Crippen LogP contribution in [-0.4, -0.2) is 28.8 Å². The van der Waals surface area contributed by atoms with Crippen molar-refractivity contribution in [3.05, 3.63) is 35.6 Å². The number of nitrogens with one attached hydrogen (secondary N) is 1. The molecule has 0 aliphatic heterocycles. The molecule has 2 N–H and O–H groups in total. The van der Waals surface area contributed by atoms with Crippen molar-refractivity contribution in [1.82, 2.24) is 5.32 Å². The molecule has 0 heterocycles. The van der Waals surface area contributed by atoms with Crippen LogP contribution in [0.2, 0.25) is 0 Å². The number of carbonyl (C=O) groups is 2. The fourth-order valence-electron chi connectivity index (χ4n) is 1.55. The highest BCUT2D eigenvalue weighted by Crippen LogP contribution is 2.09. The van der Waals surface area contributed by atoms with Gasteiger partial charge in [0, 0.05) is 6.42 Å². The number of aliphatic carboxylic acids is 1. The van der Waals surface area contributed by atoms with Crippen LogP contribution in [0.25, 0.3) is 0 Å². The van der Waals surface area contributed by atoms with Gasteiger partial charge in [0.1, 0.15) is 17.5 Å². The molecule has 5 nitrogen and oxygen atoms in total. The van der Waals surface area contributed by atoms with E-state index >= 15 is 0 Å². The summed E-state index contributed by atoms with van der Waals surface area (Å²) in [5.41, 5.74) is -0.236. The first-order chi connectivity index (χ1) is 9.17. The van der Waals surface area contributed by atoms with E-state index in [1.165, 1.54) is 18.2 Å². The highest BCUT2D eigenvalue weighted by molar-refractivity contribution is 5.80. The number of carboxylic acid groups (broad SMARTS) is 1. The van der Waals surface area contributed by atoms with Gasteiger partial charge in [-0.05, 0) is 38.5 Å². The Labute approximate surface area is 116 Å². The van der Waals surface area contributed by atoms with Gasteiger partial charge in [0.2, 0.25) is 0 Å². The van der Waals surface area contributed by atoms with Crippen LogP contribution < -0.4 is 5.32 Å². The number of amides is 1. The molecule has 1 aromatic carbocycles. The summed E-state index contributed by atoms with van der Waals surface area (Å²) in [6.07, 6.45) is -0.840. The fourth-order valence-corrected chi connectivity index (χ4v) is 1.55. The van der Waals surface area contributed by atoms with Crippen molar-refractivity contribution in [1.29, 1.82) is 0 Å². The van der Waals surface area contributed by atoms with Crippen molar-refractivity contribution in [3.8, 4) is 0 Å². The number of alkyl carbamates (subject to hydrolysis) is 1. The van der Waals surface area contributed by atoms with E-state index in [9.17, 15) is 14.0 Å². The maximum Gasteiger partial charge on any atom is 0.408 e. The highest BCUT2D eigenvalue weighted by Gasteiger charge is 2.24. The highest BCUT2D eigenvalue weighted by atomic mass is 19.1. The lowest BCUT2D eigenvalue weighted by molar-refractivity contribution is -0.139. The van der Waals surface area contributed by atoms with Crippen molar-refractivity contribution in [2.24, 2.45) is 0 Å². The Balaban J connectivity index is 2.71. The Kier molecular flexibility index (Phi) is 5.07. The molecule has 0 aliphatic carbocycles. The molecular weight excluding hydrogens is 265 g/mol. The number of carbonyl (C=O) groups excluding carboxylic acids is 1. The molecule has 0 aromatic heterocycles. The Morgan fingerprint density at radius 2 is 2.05 bits per heavy atom. The lowest BCUT2D eigenvalue weighted by atomic mass is 10.1. The van der Waals surface area contributed by atoms with Crippen LogP contribution in [-0.2, 0) is 16.0 Å². The Hall–Kier alpha value is -2.11. The van der Waals surface area contributed by atoms with Gasteiger partial charge < -0.3 is 15.2 Å². The third kappa shape index (κ3) is 5.69. The average molecular weight is 283 g/mol. The van der Waals surface area contributed by atoms with Crippen LogP contribution in [0.1, 0.15) is 26.3 Å². The monoisotopic (exact) mass is 283 g/mol. The number of ether oxygens (including phenoxy) is 1. The van der Waals surface area contributed by atoms with Gasteiger partial charge in [-0.1, -0.05) is 12.1 Å². The van der Waals surface area contributed by atoms with E-state index in [1.807, 2.05) is 0 Å². The number of hydrogen-bond donors (Lipinski definition) is 2. The summed E-state index contributed by atoms with van der Waals surface area (Å²) >= 11 is 0. The van der Waals surface area contributed by atoms with E-state index in [2.05, 4.69) is 5.32 Å². The van der Waals surface area contributed by atoms with E-state index in [4.69, 9.17) is 9.84 Å². The molecular formula is C14H18FNO4. The summed E-state index contributed by atoms with van der Waals surface area (Å²) in [6.45, 7) is 5.03. The molecule has 0 radical (unpaired) electrons. The van der Waals surface area contributed by atoms with Gasteiger partial charge in [-0.15, -0.1) is 0 Å². The minimum Gasteiger partial charge on any atom is -0.480 e.